The second-order valence-electron chi connectivity index (χ2n) is 11.5. The van der Waals surface area contributed by atoms with Gasteiger partial charge < -0.3 is 15.0 Å². The zero-order valence-electron chi connectivity index (χ0n) is 26.1. The molecule has 0 amide bonds. The Kier molecular flexibility index (Phi) is 10.5. The number of hydrogen-bond acceptors (Lipinski definition) is 11. The number of nitrogen functional groups attached to an aromatic ring is 1. The number of fused-ring (bicyclic) bond motifs is 1. The molecule has 0 fully saturated rings. The standard InChI is InChI=1S/C32H29N3O9S3.Na/c1-32(2,3)21-12-14-22(15-13-21)44-47(42,43)24-8-6-7-23(18-24)45(37,38)29-10-5-4-9-27(29)34-35-31-26(33)16-11-20-17-25(46(39,40)41)19-28(36)30(20)31;/h4-19,36H,33H2,1-3H3,(H,39,40,41);/q;+1/p-1. The summed E-state index contributed by atoms with van der Waals surface area (Å²) < 4.78 is 91.7. The van der Waals surface area contributed by atoms with E-state index in [0.29, 0.717) is 6.07 Å². The van der Waals surface area contributed by atoms with E-state index in [1.165, 1.54) is 66.7 Å². The molecule has 0 unspecified atom stereocenters. The number of anilines is 1. The summed E-state index contributed by atoms with van der Waals surface area (Å²) in [4.78, 5) is -1.70. The number of benzene rings is 5. The van der Waals surface area contributed by atoms with Gasteiger partial charge in [0.05, 0.1) is 20.4 Å². The van der Waals surface area contributed by atoms with Gasteiger partial charge in [0.2, 0.25) is 9.84 Å². The van der Waals surface area contributed by atoms with Crippen molar-refractivity contribution < 1.29 is 68.7 Å². The summed E-state index contributed by atoms with van der Waals surface area (Å²) in [6, 6.07) is 21.2. The van der Waals surface area contributed by atoms with Gasteiger partial charge in [-0.3, -0.25) is 4.55 Å². The molecule has 48 heavy (non-hydrogen) atoms. The first-order valence-electron chi connectivity index (χ1n) is 13.8. The van der Waals surface area contributed by atoms with E-state index < -0.39 is 45.6 Å². The van der Waals surface area contributed by atoms with Gasteiger partial charge in [0, 0.05) is 5.39 Å². The third kappa shape index (κ3) is 7.73. The molecule has 0 aliphatic heterocycles. The van der Waals surface area contributed by atoms with Crippen LogP contribution in [0.25, 0.3) is 10.8 Å². The Morgan fingerprint density at radius 1 is 0.750 bits per heavy atom. The Hall–Kier alpha value is -3.83. The number of nitrogens with two attached hydrogens (primary N) is 1. The van der Waals surface area contributed by atoms with Gasteiger partial charge in [0.25, 0.3) is 10.1 Å². The van der Waals surface area contributed by atoms with Gasteiger partial charge in [-0.25, -0.2) is 8.42 Å². The molecule has 0 heterocycles. The zero-order chi connectivity index (χ0) is 34.4. The van der Waals surface area contributed by atoms with Crippen molar-refractivity contribution in [2.75, 3.05) is 5.73 Å². The molecule has 0 atom stereocenters. The van der Waals surface area contributed by atoms with Crippen LogP contribution in [0.2, 0.25) is 0 Å². The molecule has 5 aromatic carbocycles. The summed E-state index contributed by atoms with van der Waals surface area (Å²) in [6.07, 6.45) is 0. The minimum Gasteiger partial charge on any atom is -0.872 e. The van der Waals surface area contributed by atoms with Crippen LogP contribution in [0.15, 0.2) is 127 Å². The van der Waals surface area contributed by atoms with Crippen LogP contribution in [-0.2, 0) is 35.5 Å². The molecule has 0 saturated carbocycles. The minimum absolute atomic E-state index is 0. The molecule has 3 N–H and O–H groups in total. The molecule has 5 rings (SSSR count). The predicted molar refractivity (Wildman–Crippen MR) is 173 cm³/mol. The average Bonchev–Trinajstić information content (AvgIpc) is 3.00. The van der Waals surface area contributed by atoms with Crippen molar-refractivity contribution in [2.45, 2.75) is 45.8 Å². The first-order chi connectivity index (χ1) is 21.9. The molecular formula is C32H28N3NaO9S3. The molecule has 0 saturated heterocycles. The molecule has 0 aliphatic rings. The van der Waals surface area contributed by atoms with Gasteiger partial charge in [-0.15, -0.1) is 10.2 Å². The number of rotatable bonds is 8. The second-order valence-corrected chi connectivity index (χ2v) is 16.3. The average molecular weight is 718 g/mol. The fourth-order valence-corrected chi connectivity index (χ4v) is 7.65. The third-order valence-electron chi connectivity index (χ3n) is 7.10. The van der Waals surface area contributed by atoms with Crippen LogP contribution < -0.4 is 44.6 Å². The van der Waals surface area contributed by atoms with Crippen LogP contribution in [0, 0.1) is 0 Å². The van der Waals surface area contributed by atoms with Crippen molar-refractivity contribution in [1.82, 2.24) is 0 Å². The van der Waals surface area contributed by atoms with Gasteiger partial charge in [0.1, 0.15) is 22.0 Å². The normalized spacial score (nSPS) is 12.6. The summed E-state index contributed by atoms with van der Waals surface area (Å²) in [5.74, 6) is -0.761. The van der Waals surface area contributed by atoms with Crippen LogP contribution in [0.4, 0.5) is 17.1 Å². The molecule has 16 heteroatoms. The van der Waals surface area contributed by atoms with Gasteiger partial charge in [-0.2, -0.15) is 16.8 Å². The Balaban J connectivity index is 0.00000520. The van der Waals surface area contributed by atoms with Crippen molar-refractivity contribution >= 4 is 57.9 Å². The summed E-state index contributed by atoms with van der Waals surface area (Å²) in [6.45, 7) is 6.03. The van der Waals surface area contributed by atoms with Crippen LogP contribution in [-0.4, -0.2) is 29.8 Å². The Bertz CT molecular complexity index is 2390. The van der Waals surface area contributed by atoms with Crippen LogP contribution in [0.5, 0.6) is 11.5 Å². The smallest absolute Gasteiger partial charge is 0.872 e. The molecule has 244 valence electrons. The molecule has 5 aromatic rings. The maximum absolute atomic E-state index is 13.8. The number of sulfone groups is 1. The summed E-state index contributed by atoms with van der Waals surface area (Å²) >= 11 is 0. The Morgan fingerprint density at radius 2 is 1.40 bits per heavy atom. The van der Waals surface area contributed by atoms with Crippen molar-refractivity contribution in [3.63, 3.8) is 0 Å². The zero-order valence-corrected chi connectivity index (χ0v) is 30.6. The summed E-state index contributed by atoms with van der Waals surface area (Å²) in [5, 5.41) is 20.9. The summed E-state index contributed by atoms with van der Waals surface area (Å²) in [7, 11) is -13.5. The third-order valence-corrected chi connectivity index (χ3v) is 11.0. The Labute approximate surface area is 300 Å². The van der Waals surface area contributed by atoms with E-state index in [1.54, 1.807) is 12.1 Å². The fourth-order valence-electron chi connectivity index (χ4n) is 4.64. The van der Waals surface area contributed by atoms with E-state index in [4.69, 9.17) is 9.92 Å². The van der Waals surface area contributed by atoms with E-state index in [0.717, 1.165) is 17.7 Å². The van der Waals surface area contributed by atoms with Gasteiger partial charge in [-0.1, -0.05) is 62.9 Å². The van der Waals surface area contributed by atoms with Crippen molar-refractivity contribution in [3.8, 4) is 11.5 Å². The fraction of sp³-hybridized carbons (Fsp3) is 0.125. The van der Waals surface area contributed by atoms with E-state index in [2.05, 4.69) is 10.2 Å². The Morgan fingerprint density at radius 3 is 2.04 bits per heavy atom. The molecular weight excluding hydrogens is 690 g/mol. The molecule has 0 aromatic heterocycles. The number of nitrogens with zero attached hydrogens (tertiary/aromatic N) is 2. The minimum atomic E-state index is -4.68. The maximum Gasteiger partial charge on any atom is 1.00 e. The van der Waals surface area contributed by atoms with E-state index in [9.17, 15) is 34.9 Å². The monoisotopic (exact) mass is 717 g/mol. The van der Waals surface area contributed by atoms with Gasteiger partial charge in [0.15, 0.2) is 0 Å². The van der Waals surface area contributed by atoms with Crippen LogP contribution >= 0.6 is 0 Å². The van der Waals surface area contributed by atoms with Gasteiger partial charge in [-0.05, 0) is 77.0 Å². The molecule has 12 nitrogen and oxygen atoms in total. The van der Waals surface area contributed by atoms with Crippen LogP contribution in [0.3, 0.4) is 0 Å². The predicted octanol–water partition coefficient (Wildman–Crippen LogP) is 3.06. The second kappa shape index (κ2) is 13.6. The first kappa shape index (κ1) is 37.0. The molecule has 0 spiro atoms. The number of azo groups is 1. The quantitative estimate of drug-likeness (QED) is 0.0789. The SMILES string of the molecule is CC(C)(C)c1ccc(OS(=O)(=O)c2cccc(S(=O)(=O)c3ccccc3N=Nc3c(N)ccc4cc(S(=O)(=O)O)cc([O-])c34)c2)cc1.[Na+]. The van der Waals surface area contributed by atoms with E-state index >= 15 is 0 Å². The first-order valence-corrected chi connectivity index (χ1v) is 18.1. The van der Waals surface area contributed by atoms with Crippen molar-refractivity contribution in [1.29, 1.82) is 0 Å². The van der Waals surface area contributed by atoms with E-state index in [-0.39, 0.29) is 78.3 Å². The van der Waals surface area contributed by atoms with Crippen molar-refractivity contribution in [3.05, 3.63) is 103 Å². The summed E-state index contributed by atoms with van der Waals surface area (Å²) in [5.41, 5.74) is 6.54. The van der Waals surface area contributed by atoms with E-state index in [1.807, 2.05) is 20.8 Å². The topological polar surface area (TPSA) is 206 Å². The molecule has 0 aliphatic carbocycles. The molecule has 0 radical (unpaired) electrons. The largest absolute Gasteiger partial charge is 1.00 e. The van der Waals surface area contributed by atoms with Crippen molar-refractivity contribution in [2.24, 2.45) is 10.2 Å². The maximum atomic E-state index is 13.8. The number of hydrogen-bond donors (Lipinski definition) is 2. The molecule has 0 bridgehead atoms. The van der Waals surface area contributed by atoms with Crippen LogP contribution in [0.1, 0.15) is 26.3 Å². The van der Waals surface area contributed by atoms with Gasteiger partial charge >= 0.3 is 39.7 Å².